The number of hydrogen-bond donors (Lipinski definition) is 1. The van der Waals surface area contributed by atoms with E-state index in [1.165, 1.54) is 18.5 Å². The molecule has 1 aromatic heterocycles. The van der Waals surface area contributed by atoms with Crippen molar-refractivity contribution in [3.05, 3.63) is 46.2 Å². The van der Waals surface area contributed by atoms with Crippen LogP contribution in [0.25, 0.3) is 0 Å². The highest BCUT2D eigenvalue weighted by atomic mass is 35.5. The number of nitrogens with one attached hydrogen (secondary N) is 1. The van der Waals surface area contributed by atoms with Gasteiger partial charge < -0.3 is 14.8 Å². The van der Waals surface area contributed by atoms with Crippen molar-refractivity contribution in [1.29, 1.82) is 0 Å². The Morgan fingerprint density at radius 2 is 1.88 bits per heavy atom. The first-order valence-electron chi connectivity index (χ1n) is 7.24. The first-order valence-corrected chi connectivity index (χ1v) is 8.00. The molecule has 1 N–H and O–H groups in total. The predicted octanol–water partition coefficient (Wildman–Crippen LogP) is 5.39. The van der Waals surface area contributed by atoms with Gasteiger partial charge in [-0.05, 0) is 24.1 Å². The molecule has 130 valence electrons. The Morgan fingerprint density at radius 1 is 1.17 bits per heavy atom. The third-order valence-corrected chi connectivity index (χ3v) is 3.58. The number of rotatable bonds is 8. The lowest BCUT2D eigenvalue weighted by Crippen LogP contribution is -2.07. The molecular weight excluding hydrogens is 361 g/mol. The van der Waals surface area contributed by atoms with E-state index >= 15 is 0 Å². The van der Waals surface area contributed by atoms with Crippen LogP contribution in [0.15, 0.2) is 30.6 Å². The van der Waals surface area contributed by atoms with E-state index in [2.05, 4.69) is 15.0 Å². The molecule has 8 heteroatoms. The summed E-state index contributed by atoms with van der Waals surface area (Å²) in [5.41, 5.74) is 1.23. The van der Waals surface area contributed by atoms with Crippen molar-refractivity contribution < 1.29 is 18.3 Å². The molecule has 24 heavy (non-hydrogen) atoms. The smallest absolute Gasteiger partial charge is 0.387 e. The largest absolute Gasteiger partial charge is 0.490 e. The van der Waals surface area contributed by atoms with Crippen LogP contribution in [-0.4, -0.2) is 18.2 Å². The van der Waals surface area contributed by atoms with Gasteiger partial charge in [0.15, 0.2) is 11.5 Å². The second-order valence-electron chi connectivity index (χ2n) is 4.84. The van der Waals surface area contributed by atoms with Crippen LogP contribution in [-0.2, 0) is 6.54 Å². The number of pyridine rings is 1. The molecule has 1 aromatic carbocycles. The maximum atomic E-state index is 12.6. The molecular formula is C16H16Cl2F2N2O2. The van der Waals surface area contributed by atoms with Gasteiger partial charge in [-0.2, -0.15) is 8.78 Å². The summed E-state index contributed by atoms with van der Waals surface area (Å²) in [4.78, 5) is 3.86. The molecule has 4 nitrogen and oxygen atoms in total. The average molecular weight is 377 g/mol. The highest BCUT2D eigenvalue weighted by Crippen LogP contribution is 2.32. The average Bonchev–Trinajstić information content (AvgIpc) is 2.53. The van der Waals surface area contributed by atoms with Crippen LogP contribution < -0.4 is 14.8 Å². The van der Waals surface area contributed by atoms with Crippen molar-refractivity contribution in [1.82, 2.24) is 4.98 Å². The number of halogens is 4. The predicted molar refractivity (Wildman–Crippen MR) is 90.4 cm³/mol. The maximum Gasteiger partial charge on any atom is 0.387 e. The molecule has 0 atom stereocenters. The van der Waals surface area contributed by atoms with Gasteiger partial charge in [-0.1, -0.05) is 36.2 Å². The summed E-state index contributed by atoms with van der Waals surface area (Å²) in [5, 5.41) is 3.79. The summed E-state index contributed by atoms with van der Waals surface area (Å²) >= 11 is 12.0. The second kappa shape index (κ2) is 8.89. The molecule has 0 bridgehead atoms. The first kappa shape index (κ1) is 18.5. The summed E-state index contributed by atoms with van der Waals surface area (Å²) in [7, 11) is 0. The molecule has 0 fully saturated rings. The second-order valence-corrected chi connectivity index (χ2v) is 5.65. The van der Waals surface area contributed by atoms with Gasteiger partial charge >= 0.3 is 6.61 Å². The quantitative estimate of drug-likeness (QED) is 0.670. The Balaban J connectivity index is 2.15. The molecule has 0 aliphatic rings. The fraction of sp³-hybridized carbons (Fsp3) is 0.312. The normalized spacial score (nSPS) is 10.8. The summed E-state index contributed by atoms with van der Waals surface area (Å²) in [6, 6.07) is 4.84. The Bertz CT molecular complexity index is 667. The van der Waals surface area contributed by atoms with E-state index in [-0.39, 0.29) is 11.5 Å². The van der Waals surface area contributed by atoms with Crippen molar-refractivity contribution >= 4 is 28.9 Å². The molecule has 0 aliphatic carbocycles. The zero-order chi connectivity index (χ0) is 17.5. The fourth-order valence-corrected chi connectivity index (χ4v) is 2.45. The molecule has 0 unspecified atom stereocenters. The van der Waals surface area contributed by atoms with Crippen LogP contribution in [0.1, 0.15) is 18.9 Å². The van der Waals surface area contributed by atoms with Crippen LogP contribution >= 0.6 is 23.2 Å². The van der Waals surface area contributed by atoms with Gasteiger partial charge in [-0.3, -0.25) is 4.98 Å². The summed E-state index contributed by atoms with van der Waals surface area (Å²) in [5.74, 6) is 0.269. The van der Waals surface area contributed by atoms with Crippen molar-refractivity contribution in [2.75, 3.05) is 11.9 Å². The number of benzene rings is 1. The van der Waals surface area contributed by atoms with Gasteiger partial charge in [0, 0.05) is 18.9 Å². The van der Waals surface area contributed by atoms with Gasteiger partial charge in [0.25, 0.3) is 0 Å². The standard InChI is InChI=1S/C16H16Cl2F2N2O2/c1-2-5-23-13-4-3-10(6-14(13)24-16(19)20)7-22-15-11(17)8-21-9-12(15)18/h3-4,6,8-9,16H,2,5,7H2,1H3,(H,21,22). The topological polar surface area (TPSA) is 43.4 Å². The Morgan fingerprint density at radius 3 is 2.50 bits per heavy atom. The number of ether oxygens (including phenoxy) is 2. The van der Waals surface area contributed by atoms with E-state index in [4.69, 9.17) is 27.9 Å². The van der Waals surface area contributed by atoms with Crippen LogP contribution in [0, 0.1) is 0 Å². The minimum Gasteiger partial charge on any atom is -0.490 e. The van der Waals surface area contributed by atoms with Crippen LogP contribution in [0.2, 0.25) is 10.0 Å². The number of anilines is 1. The van der Waals surface area contributed by atoms with Crippen LogP contribution in [0.4, 0.5) is 14.5 Å². The molecule has 1 heterocycles. The summed E-state index contributed by atoms with van der Waals surface area (Å²) in [6.45, 7) is -0.272. The SMILES string of the molecule is CCCOc1ccc(CNc2c(Cl)cncc2Cl)cc1OC(F)F. The summed E-state index contributed by atoms with van der Waals surface area (Å²) in [6.07, 6.45) is 3.68. The highest BCUT2D eigenvalue weighted by molar-refractivity contribution is 6.38. The Hall–Kier alpha value is -1.79. The molecule has 0 aliphatic heterocycles. The minimum atomic E-state index is -2.93. The monoisotopic (exact) mass is 376 g/mol. The maximum absolute atomic E-state index is 12.6. The molecule has 2 aromatic rings. The van der Waals surface area contributed by atoms with E-state index in [9.17, 15) is 8.78 Å². The number of alkyl halides is 2. The number of hydrogen-bond acceptors (Lipinski definition) is 4. The third-order valence-electron chi connectivity index (χ3n) is 3.01. The Kier molecular flexibility index (Phi) is 6.87. The van der Waals surface area contributed by atoms with Gasteiger partial charge in [0.1, 0.15) is 0 Å². The Labute approximate surface area is 148 Å². The zero-order valence-electron chi connectivity index (χ0n) is 12.9. The fourth-order valence-electron chi connectivity index (χ4n) is 1.95. The van der Waals surface area contributed by atoms with Crippen LogP contribution in [0.3, 0.4) is 0 Å². The highest BCUT2D eigenvalue weighted by Gasteiger charge is 2.13. The summed E-state index contributed by atoms with van der Waals surface area (Å²) < 4.78 is 35.1. The lowest BCUT2D eigenvalue weighted by molar-refractivity contribution is -0.0515. The molecule has 0 radical (unpaired) electrons. The van der Waals surface area contributed by atoms with Crippen molar-refractivity contribution in [3.63, 3.8) is 0 Å². The lowest BCUT2D eigenvalue weighted by atomic mass is 10.2. The van der Waals surface area contributed by atoms with E-state index in [0.29, 0.717) is 34.4 Å². The van der Waals surface area contributed by atoms with E-state index in [0.717, 1.165) is 6.42 Å². The third kappa shape index (κ3) is 5.11. The van der Waals surface area contributed by atoms with Crippen molar-refractivity contribution in [2.24, 2.45) is 0 Å². The molecule has 0 spiro atoms. The van der Waals surface area contributed by atoms with E-state index in [1.54, 1.807) is 12.1 Å². The number of aromatic nitrogens is 1. The van der Waals surface area contributed by atoms with Crippen molar-refractivity contribution in [2.45, 2.75) is 26.5 Å². The lowest BCUT2D eigenvalue weighted by Gasteiger charge is -2.14. The molecule has 0 amide bonds. The minimum absolute atomic E-state index is 0.00956. The first-order chi connectivity index (χ1) is 11.5. The zero-order valence-corrected chi connectivity index (χ0v) is 14.4. The van der Waals surface area contributed by atoms with E-state index in [1.807, 2.05) is 6.92 Å². The van der Waals surface area contributed by atoms with Gasteiger partial charge in [-0.15, -0.1) is 0 Å². The molecule has 0 saturated carbocycles. The van der Waals surface area contributed by atoms with Gasteiger partial charge in [0.2, 0.25) is 0 Å². The van der Waals surface area contributed by atoms with E-state index < -0.39 is 6.61 Å². The van der Waals surface area contributed by atoms with Crippen LogP contribution in [0.5, 0.6) is 11.5 Å². The molecule has 0 saturated heterocycles. The van der Waals surface area contributed by atoms with Gasteiger partial charge in [-0.25, -0.2) is 0 Å². The van der Waals surface area contributed by atoms with Crippen molar-refractivity contribution in [3.8, 4) is 11.5 Å². The van der Waals surface area contributed by atoms with Gasteiger partial charge in [0.05, 0.1) is 22.3 Å². The number of nitrogens with zero attached hydrogens (tertiary/aromatic N) is 1. The molecule has 2 rings (SSSR count).